The van der Waals surface area contributed by atoms with Gasteiger partial charge >= 0.3 is 0 Å². The van der Waals surface area contributed by atoms with Gasteiger partial charge in [0.25, 0.3) is 0 Å². The second-order valence-corrected chi connectivity index (χ2v) is 4.71. The highest BCUT2D eigenvalue weighted by Gasteiger charge is 2.10. The third kappa shape index (κ3) is 3.60. The number of benzene rings is 2. The van der Waals surface area contributed by atoms with Gasteiger partial charge < -0.3 is 19.5 Å². The second-order valence-electron chi connectivity index (χ2n) is 4.71. The van der Waals surface area contributed by atoms with Gasteiger partial charge in [-0.3, -0.25) is 0 Å². The van der Waals surface area contributed by atoms with E-state index in [1.165, 1.54) is 0 Å². The van der Waals surface area contributed by atoms with Crippen molar-refractivity contribution in [3.63, 3.8) is 0 Å². The van der Waals surface area contributed by atoms with Crippen LogP contribution < -0.4 is 19.5 Å². The molecule has 112 valence electrons. The van der Waals surface area contributed by atoms with Crippen molar-refractivity contribution in [3.05, 3.63) is 48.0 Å². The van der Waals surface area contributed by atoms with Gasteiger partial charge in [-0.1, -0.05) is 6.07 Å². The molecule has 0 heterocycles. The van der Waals surface area contributed by atoms with Gasteiger partial charge in [0.2, 0.25) is 0 Å². The minimum Gasteiger partial charge on any atom is -0.497 e. The van der Waals surface area contributed by atoms with Crippen molar-refractivity contribution < 1.29 is 14.2 Å². The van der Waals surface area contributed by atoms with Gasteiger partial charge in [0.1, 0.15) is 5.75 Å². The number of ether oxygens (including phenoxy) is 3. The van der Waals surface area contributed by atoms with Gasteiger partial charge in [-0.15, -0.1) is 0 Å². The first-order chi connectivity index (χ1) is 10.2. The van der Waals surface area contributed by atoms with Crippen LogP contribution in [0, 0.1) is 0 Å². The number of hydrogen-bond donors (Lipinski definition) is 1. The van der Waals surface area contributed by atoms with E-state index in [2.05, 4.69) is 12.2 Å². The molecule has 0 saturated carbocycles. The molecule has 2 aromatic rings. The van der Waals surface area contributed by atoms with E-state index in [0.29, 0.717) is 0 Å². The summed E-state index contributed by atoms with van der Waals surface area (Å²) in [6.45, 7) is 2.10. The van der Waals surface area contributed by atoms with Crippen molar-refractivity contribution in [2.24, 2.45) is 0 Å². The van der Waals surface area contributed by atoms with E-state index in [-0.39, 0.29) is 6.04 Å². The molecule has 21 heavy (non-hydrogen) atoms. The van der Waals surface area contributed by atoms with Crippen molar-refractivity contribution in [2.45, 2.75) is 13.0 Å². The first-order valence-electron chi connectivity index (χ1n) is 6.80. The van der Waals surface area contributed by atoms with E-state index in [1.807, 2.05) is 42.5 Å². The molecule has 2 aromatic carbocycles. The van der Waals surface area contributed by atoms with E-state index in [9.17, 15) is 0 Å². The molecule has 0 saturated heterocycles. The molecule has 2 rings (SSSR count). The standard InChI is InChI=1S/C17H21NO3/c1-12(18-14-6-8-15(19-2)9-7-14)13-5-10-16(20-3)17(11-13)21-4/h5-12,18H,1-4H3/t12-/m1/s1. The lowest BCUT2D eigenvalue weighted by Gasteiger charge is -2.17. The number of methoxy groups -OCH3 is 3. The van der Waals surface area contributed by atoms with Crippen LogP contribution in [0.25, 0.3) is 0 Å². The van der Waals surface area contributed by atoms with Crippen molar-refractivity contribution >= 4 is 5.69 Å². The number of hydrogen-bond acceptors (Lipinski definition) is 4. The summed E-state index contributed by atoms with van der Waals surface area (Å²) in [5, 5.41) is 3.45. The maximum absolute atomic E-state index is 5.34. The molecule has 0 bridgehead atoms. The lowest BCUT2D eigenvalue weighted by atomic mass is 10.1. The van der Waals surface area contributed by atoms with Crippen molar-refractivity contribution in [3.8, 4) is 17.2 Å². The Bertz CT molecular complexity index is 581. The Morgan fingerprint density at radius 1 is 0.810 bits per heavy atom. The van der Waals surface area contributed by atoms with Gasteiger partial charge in [-0.2, -0.15) is 0 Å². The van der Waals surface area contributed by atoms with E-state index in [0.717, 1.165) is 28.5 Å². The second kappa shape index (κ2) is 6.88. The molecule has 4 nitrogen and oxygen atoms in total. The van der Waals surface area contributed by atoms with E-state index in [4.69, 9.17) is 14.2 Å². The summed E-state index contributed by atoms with van der Waals surface area (Å²) in [7, 11) is 4.94. The molecule has 0 radical (unpaired) electrons. The van der Waals surface area contributed by atoms with Crippen LogP contribution in [0.5, 0.6) is 17.2 Å². The zero-order chi connectivity index (χ0) is 15.2. The Morgan fingerprint density at radius 2 is 1.48 bits per heavy atom. The van der Waals surface area contributed by atoms with E-state index in [1.54, 1.807) is 21.3 Å². The maximum Gasteiger partial charge on any atom is 0.161 e. The number of nitrogens with one attached hydrogen (secondary N) is 1. The van der Waals surface area contributed by atoms with Gasteiger partial charge in [-0.25, -0.2) is 0 Å². The van der Waals surface area contributed by atoms with Gasteiger partial charge in [0.05, 0.1) is 21.3 Å². The first-order valence-corrected chi connectivity index (χ1v) is 6.80. The fraction of sp³-hybridized carbons (Fsp3) is 0.294. The van der Waals surface area contributed by atoms with Crippen LogP contribution in [-0.2, 0) is 0 Å². The van der Waals surface area contributed by atoms with Crippen LogP contribution >= 0.6 is 0 Å². The van der Waals surface area contributed by atoms with Crippen LogP contribution in [0.15, 0.2) is 42.5 Å². The summed E-state index contributed by atoms with van der Waals surface area (Å²) in [5.74, 6) is 2.32. The third-order valence-electron chi connectivity index (χ3n) is 3.38. The lowest BCUT2D eigenvalue weighted by molar-refractivity contribution is 0.354. The molecule has 0 aliphatic rings. The summed E-state index contributed by atoms with van der Waals surface area (Å²) in [6, 6.07) is 13.9. The normalized spacial score (nSPS) is 11.6. The van der Waals surface area contributed by atoms with Gasteiger partial charge in [-0.05, 0) is 48.9 Å². The monoisotopic (exact) mass is 287 g/mol. The van der Waals surface area contributed by atoms with Crippen molar-refractivity contribution in [1.29, 1.82) is 0 Å². The molecule has 0 unspecified atom stereocenters. The predicted octanol–water partition coefficient (Wildman–Crippen LogP) is 3.89. The van der Waals surface area contributed by atoms with Crippen LogP contribution in [0.2, 0.25) is 0 Å². The van der Waals surface area contributed by atoms with Gasteiger partial charge in [0.15, 0.2) is 11.5 Å². The molecule has 1 atom stereocenters. The largest absolute Gasteiger partial charge is 0.497 e. The quantitative estimate of drug-likeness (QED) is 0.875. The molecule has 0 spiro atoms. The van der Waals surface area contributed by atoms with Crippen LogP contribution in [-0.4, -0.2) is 21.3 Å². The minimum absolute atomic E-state index is 0.151. The van der Waals surface area contributed by atoms with E-state index >= 15 is 0 Å². The zero-order valence-electron chi connectivity index (χ0n) is 12.8. The summed E-state index contributed by atoms with van der Waals surface area (Å²) in [6.07, 6.45) is 0. The van der Waals surface area contributed by atoms with Crippen LogP contribution in [0.1, 0.15) is 18.5 Å². The van der Waals surface area contributed by atoms with Crippen molar-refractivity contribution in [2.75, 3.05) is 26.6 Å². The first kappa shape index (κ1) is 15.0. The topological polar surface area (TPSA) is 39.7 Å². The zero-order valence-corrected chi connectivity index (χ0v) is 12.8. The minimum atomic E-state index is 0.151. The Balaban J connectivity index is 2.13. The Labute approximate surface area is 125 Å². The van der Waals surface area contributed by atoms with E-state index < -0.39 is 0 Å². The summed E-state index contributed by atoms with van der Waals surface area (Å²) < 4.78 is 15.8. The van der Waals surface area contributed by atoms with Crippen LogP contribution in [0.3, 0.4) is 0 Å². The third-order valence-corrected chi connectivity index (χ3v) is 3.38. The molecular weight excluding hydrogens is 266 g/mol. The Hall–Kier alpha value is -2.36. The van der Waals surface area contributed by atoms with Crippen molar-refractivity contribution in [1.82, 2.24) is 0 Å². The van der Waals surface area contributed by atoms with Gasteiger partial charge in [0, 0.05) is 11.7 Å². The Morgan fingerprint density at radius 3 is 2.05 bits per heavy atom. The fourth-order valence-electron chi connectivity index (χ4n) is 2.14. The average Bonchev–Trinajstić information content (AvgIpc) is 2.54. The molecule has 4 heteroatoms. The summed E-state index contributed by atoms with van der Waals surface area (Å²) in [4.78, 5) is 0. The Kier molecular flexibility index (Phi) is 4.93. The molecule has 0 aliphatic heterocycles. The molecule has 0 amide bonds. The lowest BCUT2D eigenvalue weighted by Crippen LogP contribution is -2.07. The molecular formula is C17H21NO3. The van der Waals surface area contributed by atoms with Crippen LogP contribution in [0.4, 0.5) is 5.69 Å². The molecule has 1 N–H and O–H groups in total. The molecule has 0 aromatic heterocycles. The fourth-order valence-corrected chi connectivity index (χ4v) is 2.14. The predicted molar refractivity (Wildman–Crippen MR) is 84.6 cm³/mol. The average molecular weight is 287 g/mol. The summed E-state index contributed by atoms with van der Waals surface area (Å²) >= 11 is 0. The molecule has 0 fully saturated rings. The smallest absolute Gasteiger partial charge is 0.161 e. The highest BCUT2D eigenvalue weighted by atomic mass is 16.5. The highest BCUT2D eigenvalue weighted by Crippen LogP contribution is 2.31. The maximum atomic E-state index is 5.34. The number of rotatable bonds is 6. The SMILES string of the molecule is COc1ccc(N[C@H](C)c2ccc(OC)c(OC)c2)cc1. The summed E-state index contributed by atoms with van der Waals surface area (Å²) in [5.41, 5.74) is 2.17. The number of anilines is 1. The molecule has 0 aliphatic carbocycles. The highest BCUT2D eigenvalue weighted by molar-refractivity contribution is 5.50.